The fourth-order valence-corrected chi connectivity index (χ4v) is 4.15. The quantitative estimate of drug-likeness (QED) is 0.656. The van der Waals surface area contributed by atoms with E-state index in [1.807, 2.05) is 4.90 Å². The van der Waals surface area contributed by atoms with Crippen LogP contribution in [-0.2, 0) is 20.9 Å². The Labute approximate surface area is 164 Å². The van der Waals surface area contributed by atoms with Crippen LogP contribution in [0.25, 0.3) is 0 Å². The number of amides is 1. The summed E-state index contributed by atoms with van der Waals surface area (Å²) in [4.78, 5) is 36.9. The number of nitrogens with zero attached hydrogens (tertiary/aromatic N) is 5. The van der Waals surface area contributed by atoms with Crippen molar-refractivity contribution in [3.05, 3.63) is 16.4 Å². The maximum atomic E-state index is 13.7. The average molecular weight is 417 g/mol. The summed E-state index contributed by atoms with van der Waals surface area (Å²) in [6.07, 6.45) is -4.09. The molecule has 0 N–H and O–H groups in total. The van der Waals surface area contributed by atoms with Gasteiger partial charge in [0.1, 0.15) is 18.4 Å². The Hall–Kier alpha value is -2.34. The molecule has 1 aromatic heterocycles. The van der Waals surface area contributed by atoms with Crippen LogP contribution in [0.5, 0.6) is 0 Å². The highest BCUT2D eigenvalue weighted by Crippen LogP contribution is 2.36. The Morgan fingerprint density at radius 3 is 2.79 bits per heavy atom. The molecule has 1 amide bonds. The molecule has 3 aliphatic rings. The molecule has 1 aromatic rings. The van der Waals surface area contributed by atoms with Gasteiger partial charge in [0, 0.05) is 26.2 Å². The first kappa shape index (κ1) is 20.0. The Morgan fingerprint density at radius 2 is 2.21 bits per heavy atom. The zero-order valence-corrected chi connectivity index (χ0v) is 16.1. The summed E-state index contributed by atoms with van der Waals surface area (Å²) < 4.78 is 47.8. The maximum Gasteiger partial charge on any atom is 0.408 e. The van der Waals surface area contributed by atoms with E-state index in [1.54, 1.807) is 0 Å². The van der Waals surface area contributed by atoms with Crippen molar-refractivity contribution in [2.75, 3.05) is 43.7 Å². The predicted molar refractivity (Wildman–Crippen MR) is 95.6 cm³/mol. The molecule has 3 aliphatic heterocycles. The molecule has 29 heavy (non-hydrogen) atoms. The molecule has 0 saturated carbocycles. The Balaban J connectivity index is 1.73. The van der Waals surface area contributed by atoms with Crippen LogP contribution < -0.4 is 15.4 Å². The number of fused-ring (bicyclic) bond motifs is 3. The predicted octanol–water partition coefficient (Wildman–Crippen LogP) is 0.382. The zero-order valence-electron chi connectivity index (χ0n) is 16.1. The number of alkyl halides is 3. The van der Waals surface area contributed by atoms with Crippen molar-refractivity contribution in [1.82, 2.24) is 14.6 Å². The lowest BCUT2D eigenvalue weighted by molar-refractivity contribution is -0.169. The molecule has 12 heteroatoms. The number of carbonyl (C=O) groups is 1. The fourth-order valence-electron chi connectivity index (χ4n) is 4.15. The number of carbonyl (C=O) groups excluding carboxylic acids is 1. The largest absolute Gasteiger partial charge is 0.408 e. The topological polar surface area (TPSA) is 80.1 Å². The van der Waals surface area contributed by atoms with Gasteiger partial charge < -0.3 is 14.5 Å². The molecule has 9 nitrogen and oxygen atoms in total. The minimum Gasteiger partial charge on any atom is -0.374 e. The van der Waals surface area contributed by atoms with Gasteiger partial charge in [-0.1, -0.05) is 0 Å². The summed E-state index contributed by atoms with van der Waals surface area (Å²) in [6, 6.07) is -0.525. The molecule has 2 fully saturated rings. The molecular formula is C17H22F3N5O4. The lowest BCUT2D eigenvalue weighted by Gasteiger charge is -2.39. The zero-order chi connectivity index (χ0) is 20.9. The van der Waals surface area contributed by atoms with E-state index in [-0.39, 0.29) is 31.1 Å². The Morgan fingerprint density at radius 1 is 1.45 bits per heavy atom. The summed E-state index contributed by atoms with van der Waals surface area (Å²) in [5, 5.41) is 0.852. The third kappa shape index (κ3) is 3.54. The van der Waals surface area contributed by atoms with Gasteiger partial charge in [0.25, 0.3) is 11.5 Å². The van der Waals surface area contributed by atoms with E-state index in [4.69, 9.17) is 9.57 Å². The number of rotatable bonds is 4. The smallest absolute Gasteiger partial charge is 0.374 e. The number of likely N-dealkylation sites (N-methyl/N-ethyl adjacent to an activating group) is 1. The monoisotopic (exact) mass is 417 g/mol. The minimum absolute atomic E-state index is 0.0385. The molecule has 3 atom stereocenters. The van der Waals surface area contributed by atoms with Crippen LogP contribution in [0.15, 0.2) is 10.9 Å². The summed E-state index contributed by atoms with van der Waals surface area (Å²) in [5.74, 6) is -0.511. The summed E-state index contributed by atoms with van der Waals surface area (Å²) >= 11 is 0. The van der Waals surface area contributed by atoms with Gasteiger partial charge in [-0.2, -0.15) is 18.2 Å². The fraction of sp³-hybridized carbons (Fsp3) is 0.706. The number of morpholine rings is 1. The van der Waals surface area contributed by atoms with Crippen LogP contribution in [0.3, 0.4) is 0 Å². The molecule has 4 rings (SSSR count). The van der Waals surface area contributed by atoms with Crippen LogP contribution in [0, 0.1) is 0 Å². The van der Waals surface area contributed by atoms with Gasteiger partial charge >= 0.3 is 6.18 Å². The van der Waals surface area contributed by atoms with E-state index in [1.165, 1.54) is 24.8 Å². The SMILES string of the molecule is CON(C)C(=O)CN1c2nc(N3CC4CC3CO4)cc(=O)n2CC[C@H]1C(F)(F)F. The van der Waals surface area contributed by atoms with E-state index in [2.05, 4.69) is 4.98 Å². The van der Waals surface area contributed by atoms with Crippen LogP contribution in [0.2, 0.25) is 0 Å². The molecule has 2 bridgehead atoms. The number of hydroxylamine groups is 2. The van der Waals surface area contributed by atoms with Crippen molar-refractivity contribution in [3.8, 4) is 0 Å². The molecule has 0 aliphatic carbocycles. The second kappa shape index (κ2) is 7.17. The van der Waals surface area contributed by atoms with Crippen molar-refractivity contribution in [2.45, 2.75) is 43.8 Å². The molecule has 0 aromatic carbocycles. The minimum atomic E-state index is -4.58. The Bertz CT molecular complexity index is 860. The van der Waals surface area contributed by atoms with Crippen molar-refractivity contribution >= 4 is 17.7 Å². The van der Waals surface area contributed by atoms with E-state index < -0.39 is 30.2 Å². The number of anilines is 2. The highest BCUT2D eigenvalue weighted by Gasteiger charge is 2.48. The third-order valence-electron chi connectivity index (χ3n) is 5.74. The van der Waals surface area contributed by atoms with E-state index in [0.717, 1.165) is 16.4 Å². The summed E-state index contributed by atoms with van der Waals surface area (Å²) in [7, 11) is 2.56. The van der Waals surface area contributed by atoms with Gasteiger partial charge in [-0.05, 0) is 12.8 Å². The van der Waals surface area contributed by atoms with Crippen molar-refractivity contribution in [1.29, 1.82) is 0 Å². The molecule has 0 spiro atoms. The normalized spacial score (nSPS) is 26.0. The Kier molecular flexibility index (Phi) is 4.93. The highest BCUT2D eigenvalue weighted by molar-refractivity contribution is 5.80. The lowest BCUT2D eigenvalue weighted by atomic mass is 10.1. The van der Waals surface area contributed by atoms with E-state index in [9.17, 15) is 22.8 Å². The first-order valence-electron chi connectivity index (χ1n) is 9.33. The van der Waals surface area contributed by atoms with Crippen LogP contribution in [0.1, 0.15) is 12.8 Å². The van der Waals surface area contributed by atoms with Gasteiger partial charge in [0.05, 0.1) is 25.9 Å². The van der Waals surface area contributed by atoms with Crippen molar-refractivity contribution in [2.24, 2.45) is 0 Å². The van der Waals surface area contributed by atoms with E-state index >= 15 is 0 Å². The van der Waals surface area contributed by atoms with Gasteiger partial charge in [-0.25, -0.2) is 5.06 Å². The molecule has 2 unspecified atom stereocenters. The van der Waals surface area contributed by atoms with Gasteiger partial charge in [-0.3, -0.25) is 19.0 Å². The van der Waals surface area contributed by atoms with Crippen LogP contribution in [0.4, 0.5) is 24.9 Å². The van der Waals surface area contributed by atoms with E-state index in [0.29, 0.717) is 19.0 Å². The van der Waals surface area contributed by atoms with Gasteiger partial charge in [0.2, 0.25) is 5.95 Å². The molecule has 160 valence electrons. The second-order valence-corrected chi connectivity index (χ2v) is 7.45. The molecule has 4 heterocycles. The number of hydrogen-bond acceptors (Lipinski definition) is 7. The maximum absolute atomic E-state index is 13.7. The standard InChI is InChI=1S/C17H22F3N5O4/c1-22(28-2)15(27)8-25-12(17(18,19)20)3-4-23-14(26)6-13(21-16(23)25)24-7-11-5-10(24)9-29-11/h6,10-12H,3-5,7-9H2,1-2H3/t10?,11?,12-/m0/s1. The van der Waals surface area contributed by atoms with Crippen LogP contribution >= 0.6 is 0 Å². The average Bonchev–Trinajstić information content (AvgIpc) is 3.30. The van der Waals surface area contributed by atoms with Crippen molar-refractivity contribution in [3.63, 3.8) is 0 Å². The molecule has 2 saturated heterocycles. The number of halogens is 3. The molecule has 0 radical (unpaired) electrons. The van der Waals surface area contributed by atoms with Crippen LogP contribution in [-0.4, -0.2) is 78.7 Å². The first-order valence-corrected chi connectivity index (χ1v) is 9.33. The molecular weight excluding hydrogens is 395 g/mol. The number of hydrogen-bond donors (Lipinski definition) is 0. The lowest BCUT2D eigenvalue weighted by Crippen LogP contribution is -2.55. The van der Waals surface area contributed by atoms with Gasteiger partial charge in [0.15, 0.2) is 0 Å². The third-order valence-corrected chi connectivity index (χ3v) is 5.74. The first-order chi connectivity index (χ1) is 13.7. The highest BCUT2D eigenvalue weighted by atomic mass is 19.4. The van der Waals surface area contributed by atoms with Gasteiger partial charge in [-0.15, -0.1) is 0 Å². The summed E-state index contributed by atoms with van der Waals surface area (Å²) in [6.45, 7) is 0.302. The number of aromatic nitrogens is 2. The van der Waals surface area contributed by atoms with Crippen molar-refractivity contribution < 1.29 is 27.5 Å². The second-order valence-electron chi connectivity index (χ2n) is 7.45. The summed E-state index contributed by atoms with van der Waals surface area (Å²) in [5.41, 5.74) is -0.438. The number of ether oxygens (including phenoxy) is 1.